The highest BCUT2D eigenvalue weighted by molar-refractivity contribution is 5.74. The van der Waals surface area contributed by atoms with Crippen LogP contribution in [0.3, 0.4) is 0 Å². The molecule has 1 fully saturated rings. The molecule has 1 aliphatic heterocycles. The summed E-state index contributed by atoms with van der Waals surface area (Å²) < 4.78 is 9.23. The van der Waals surface area contributed by atoms with Crippen molar-refractivity contribution >= 4 is 6.03 Å². The Bertz CT molecular complexity index is 666. The maximum absolute atomic E-state index is 12.3. The average molecular weight is 319 g/mol. The van der Waals surface area contributed by atoms with E-state index in [4.69, 9.17) is 4.74 Å². The Morgan fingerprint density at radius 2 is 2.35 bits per heavy atom. The third-order valence-corrected chi connectivity index (χ3v) is 3.81. The van der Waals surface area contributed by atoms with E-state index in [-0.39, 0.29) is 12.1 Å². The van der Waals surface area contributed by atoms with Gasteiger partial charge < -0.3 is 15.0 Å². The first kappa shape index (κ1) is 15.5. The van der Waals surface area contributed by atoms with Gasteiger partial charge in [0.15, 0.2) is 0 Å². The standard InChI is InChI=1S/C14H21N7O2/c1-11-5-17-21(8-11)10-13-9-20(3-4-23-13)14(22)15-6-12-7-16-18-19(12)2/h5,7-8,13H,3-4,6,9-10H2,1-2H3,(H,15,22). The molecule has 1 N–H and O–H groups in total. The minimum absolute atomic E-state index is 0.0489. The van der Waals surface area contributed by atoms with Crippen molar-refractivity contribution in [1.82, 2.24) is 35.0 Å². The number of rotatable bonds is 4. The normalized spacial score (nSPS) is 18.2. The molecular weight excluding hydrogens is 298 g/mol. The van der Waals surface area contributed by atoms with Crippen molar-refractivity contribution in [2.75, 3.05) is 19.7 Å². The number of carbonyl (C=O) groups excluding carboxylic acids is 1. The first-order valence-corrected chi connectivity index (χ1v) is 7.59. The molecule has 2 aromatic rings. The van der Waals surface area contributed by atoms with Crippen molar-refractivity contribution in [3.63, 3.8) is 0 Å². The second-order valence-electron chi connectivity index (χ2n) is 5.69. The third kappa shape index (κ3) is 3.86. The van der Waals surface area contributed by atoms with E-state index in [0.29, 0.717) is 32.8 Å². The van der Waals surface area contributed by atoms with E-state index in [1.807, 2.05) is 24.0 Å². The molecule has 2 amide bonds. The van der Waals surface area contributed by atoms with Gasteiger partial charge in [-0.25, -0.2) is 4.79 Å². The molecule has 2 aromatic heterocycles. The molecular formula is C14H21N7O2. The summed E-state index contributed by atoms with van der Waals surface area (Å²) in [5.74, 6) is 0. The number of ether oxygens (including phenoxy) is 1. The van der Waals surface area contributed by atoms with Gasteiger partial charge in [0.1, 0.15) is 0 Å². The zero-order chi connectivity index (χ0) is 16.2. The smallest absolute Gasteiger partial charge is 0.317 e. The minimum Gasteiger partial charge on any atom is -0.373 e. The fraction of sp³-hybridized carbons (Fsp3) is 0.571. The van der Waals surface area contributed by atoms with Crippen LogP contribution in [0.4, 0.5) is 4.79 Å². The summed E-state index contributed by atoms with van der Waals surface area (Å²) in [5, 5.41) is 14.8. The predicted molar refractivity (Wildman–Crippen MR) is 81.5 cm³/mol. The second kappa shape index (κ2) is 6.78. The van der Waals surface area contributed by atoms with E-state index in [9.17, 15) is 4.79 Å². The van der Waals surface area contributed by atoms with E-state index in [2.05, 4.69) is 20.7 Å². The van der Waals surface area contributed by atoms with E-state index in [1.54, 1.807) is 22.8 Å². The van der Waals surface area contributed by atoms with Crippen molar-refractivity contribution < 1.29 is 9.53 Å². The van der Waals surface area contributed by atoms with Crippen LogP contribution < -0.4 is 5.32 Å². The van der Waals surface area contributed by atoms with E-state index >= 15 is 0 Å². The molecule has 0 aromatic carbocycles. The molecule has 1 unspecified atom stereocenters. The van der Waals surface area contributed by atoms with Crippen LogP contribution in [0.5, 0.6) is 0 Å². The van der Waals surface area contributed by atoms with Crippen LogP contribution >= 0.6 is 0 Å². The van der Waals surface area contributed by atoms with Crippen molar-refractivity contribution in [3.05, 3.63) is 29.8 Å². The number of hydrogen-bond acceptors (Lipinski definition) is 5. The quantitative estimate of drug-likeness (QED) is 0.852. The van der Waals surface area contributed by atoms with Crippen LogP contribution in [0.25, 0.3) is 0 Å². The number of nitrogens with one attached hydrogen (secondary N) is 1. The number of urea groups is 1. The molecule has 124 valence electrons. The monoisotopic (exact) mass is 319 g/mol. The lowest BCUT2D eigenvalue weighted by molar-refractivity contribution is -0.0237. The predicted octanol–water partition coefficient (Wildman–Crippen LogP) is -0.0694. The molecule has 0 aliphatic carbocycles. The summed E-state index contributed by atoms with van der Waals surface area (Å²) in [6, 6.07) is -0.101. The van der Waals surface area contributed by atoms with Gasteiger partial charge in [-0.3, -0.25) is 9.36 Å². The van der Waals surface area contributed by atoms with Gasteiger partial charge in [0.25, 0.3) is 0 Å². The molecule has 1 aliphatic rings. The van der Waals surface area contributed by atoms with Crippen molar-refractivity contribution in [2.45, 2.75) is 26.1 Å². The number of morpholine rings is 1. The molecule has 9 heteroatoms. The summed E-state index contributed by atoms with van der Waals surface area (Å²) in [7, 11) is 1.80. The molecule has 0 spiro atoms. The van der Waals surface area contributed by atoms with Gasteiger partial charge in [0.2, 0.25) is 0 Å². The van der Waals surface area contributed by atoms with Crippen molar-refractivity contribution in [2.24, 2.45) is 7.05 Å². The Hall–Kier alpha value is -2.42. The second-order valence-corrected chi connectivity index (χ2v) is 5.69. The maximum Gasteiger partial charge on any atom is 0.317 e. The Labute approximate surface area is 134 Å². The number of carbonyl (C=O) groups is 1. The van der Waals surface area contributed by atoms with Crippen LogP contribution in [-0.2, 0) is 24.9 Å². The first-order valence-electron chi connectivity index (χ1n) is 7.59. The number of aryl methyl sites for hydroxylation is 2. The van der Waals surface area contributed by atoms with E-state index in [0.717, 1.165) is 11.3 Å². The minimum atomic E-state index is -0.101. The van der Waals surface area contributed by atoms with Gasteiger partial charge in [-0.15, -0.1) is 5.10 Å². The van der Waals surface area contributed by atoms with Gasteiger partial charge in [0, 0.05) is 19.8 Å². The van der Waals surface area contributed by atoms with E-state index < -0.39 is 0 Å². The lowest BCUT2D eigenvalue weighted by Crippen LogP contribution is -2.50. The molecule has 3 rings (SSSR count). The van der Waals surface area contributed by atoms with Crippen molar-refractivity contribution in [1.29, 1.82) is 0 Å². The highest BCUT2D eigenvalue weighted by atomic mass is 16.5. The highest BCUT2D eigenvalue weighted by Gasteiger charge is 2.24. The number of nitrogens with zero attached hydrogens (tertiary/aromatic N) is 6. The zero-order valence-corrected chi connectivity index (χ0v) is 13.3. The molecule has 1 atom stereocenters. The van der Waals surface area contributed by atoms with Gasteiger partial charge in [-0.2, -0.15) is 5.10 Å². The lowest BCUT2D eigenvalue weighted by atomic mass is 10.3. The van der Waals surface area contributed by atoms with Gasteiger partial charge in [0.05, 0.1) is 50.4 Å². The van der Waals surface area contributed by atoms with Crippen LogP contribution in [-0.4, -0.2) is 61.5 Å². The molecule has 0 radical (unpaired) electrons. The van der Waals surface area contributed by atoms with E-state index in [1.165, 1.54) is 0 Å². The largest absolute Gasteiger partial charge is 0.373 e. The summed E-state index contributed by atoms with van der Waals surface area (Å²) in [6.07, 6.45) is 5.38. The Kier molecular flexibility index (Phi) is 4.56. The Morgan fingerprint density at radius 3 is 3.04 bits per heavy atom. The van der Waals surface area contributed by atoms with Crippen molar-refractivity contribution in [3.8, 4) is 0 Å². The highest BCUT2D eigenvalue weighted by Crippen LogP contribution is 2.08. The van der Waals surface area contributed by atoms with Crippen LogP contribution in [0.2, 0.25) is 0 Å². The Morgan fingerprint density at radius 1 is 1.48 bits per heavy atom. The average Bonchev–Trinajstić information content (AvgIpc) is 3.13. The molecule has 3 heterocycles. The molecule has 0 bridgehead atoms. The number of amides is 2. The third-order valence-electron chi connectivity index (χ3n) is 3.81. The van der Waals surface area contributed by atoms with Crippen LogP contribution in [0.1, 0.15) is 11.3 Å². The summed E-state index contributed by atoms with van der Waals surface area (Å²) in [4.78, 5) is 14.1. The zero-order valence-electron chi connectivity index (χ0n) is 13.3. The number of hydrogen-bond donors (Lipinski definition) is 1. The van der Waals surface area contributed by atoms with Gasteiger partial charge in [-0.05, 0) is 12.5 Å². The molecule has 9 nitrogen and oxygen atoms in total. The van der Waals surface area contributed by atoms with Crippen LogP contribution in [0, 0.1) is 6.92 Å². The molecule has 1 saturated heterocycles. The van der Waals surface area contributed by atoms with Gasteiger partial charge >= 0.3 is 6.03 Å². The fourth-order valence-electron chi connectivity index (χ4n) is 2.54. The Balaban J connectivity index is 1.51. The summed E-state index contributed by atoms with van der Waals surface area (Å²) in [5.41, 5.74) is 1.97. The number of aromatic nitrogens is 5. The summed E-state index contributed by atoms with van der Waals surface area (Å²) >= 11 is 0. The van der Waals surface area contributed by atoms with Gasteiger partial charge in [-0.1, -0.05) is 5.21 Å². The molecule has 23 heavy (non-hydrogen) atoms. The molecule has 0 saturated carbocycles. The topological polar surface area (TPSA) is 90.1 Å². The summed E-state index contributed by atoms with van der Waals surface area (Å²) in [6.45, 7) is 4.72. The lowest BCUT2D eigenvalue weighted by Gasteiger charge is -2.32. The van der Waals surface area contributed by atoms with Crippen LogP contribution in [0.15, 0.2) is 18.6 Å². The SMILES string of the molecule is Cc1cnn(CC2CN(C(=O)NCc3cnnn3C)CCO2)c1. The maximum atomic E-state index is 12.3. The fourth-order valence-corrected chi connectivity index (χ4v) is 2.54. The first-order chi connectivity index (χ1) is 11.1.